The fourth-order valence-electron chi connectivity index (χ4n) is 2.62. The van der Waals surface area contributed by atoms with Gasteiger partial charge in [-0.2, -0.15) is 0 Å². The van der Waals surface area contributed by atoms with Crippen LogP contribution in [-0.2, 0) is 9.59 Å². The molecule has 0 unspecified atom stereocenters. The van der Waals surface area contributed by atoms with Gasteiger partial charge in [-0.25, -0.2) is 0 Å². The Kier molecular flexibility index (Phi) is 7.73. The van der Waals surface area contributed by atoms with Crippen LogP contribution >= 0.6 is 46.6 Å². The SMILES string of the molecule is CCOc1cc(/C=C2\SC(=S)NC2=O)cc(I)c1OCC(=O)Nc1ccc(C)cc1. The number of hydrogen-bond acceptors (Lipinski definition) is 6. The molecule has 2 aromatic rings. The predicted molar refractivity (Wildman–Crippen MR) is 132 cm³/mol. The van der Waals surface area contributed by atoms with E-state index in [4.69, 9.17) is 21.7 Å². The maximum Gasteiger partial charge on any atom is 0.263 e. The first kappa shape index (κ1) is 22.6. The van der Waals surface area contributed by atoms with Crippen molar-refractivity contribution in [3.05, 3.63) is 56.0 Å². The number of halogens is 1. The molecule has 1 aliphatic rings. The topological polar surface area (TPSA) is 76.7 Å². The molecule has 0 saturated carbocycles. The van der Waals surface area contributed by atoms with E-state index in [1.54, 1.807) is 12.1 Å². The zero-order valence-electron chi connectivity index (χ0n) is 16.3. The average Bonchev–Trinajstić information content (AvgIpc) is 3.00. The normalized spacial score (nSPS) is 14.6. The Labute approximate surface area is 197 Å². The molecule has 0 aliphatic carbocycles. The van der Waals surface area contributed by atoms with Gasteiger partial charge in [-0.05, 0) is 72.3 Å². The molecule has 1 aliphatic heterocycles. The number of thiocarbonyl (C=S) groups is 1. The summed E-state index contributed by atoms with van der Waals surface area (Å²) in [5.41, 5.74) is 2.60. The van der Waals surface area contributed by atoms with Gasteiger partial charge in [0.2, 0.25) is 0 Å². The fraction of sp³-hybridized carbons (Fsp3) is 0.190. The lowest BCUT2D eigenvalue weighted by atomic mass is 10.2. The monoisotopic (exact) mass is 554 g/mol. The van der Waals surface area contributed by atoms with Gasteiger partial charge in [0.15, 0.2) is 18.1 Å². The van der Waals surface area contributed by atoms with E-state index in [0.717, 1.165) is 14.7 Å². The molecule has 0 radical (unpaired) electrons. The molecule has 3 rings (SSSR count). The highest BCUT2D eigenvalue weighted by Crippen LogP contribution is 2.36. The summed E-state index contributed by atoms with van der Waals surface area (Å²) in [5, 5.41) is 5.40. The maximum absolute atomic E-state index is 12.3. The summed E-state index contributed by atoms with van der Waals surface area (Å²) in [6, 6.07) is 11.2. The van der Waals surface area contributed by atoms with E-state index in [2.05, 4.69) is 33.2 Å². The molecule has 2 amide bonds. The summed E-state index contributed by atoms with van der Waals surface area (Å²) in [7, 11) is 0. The zero-order chi connectivity index (χ0) is 21.7. The molecular weight excluding hydrogens is 535 g/mol. The number of carbonyl (C=O) groups excluding carboxylic acids is 2. The van der Waals surface area contributed by atoms with Gasteiger partial charge in [-0.15, -0.1) is 0 Å². The van der Waals surface area contributed by atoms with Crippen LogP contribution in [0, 0.1) is 10.5 Å². The second kappa shape index (κ2) is 10.3. The maximum atomic E-state index is 12.3. The molecule has 1 fully saturated rings. The van der Waals surface area contributed by atoms with Crippen molar-refractivity contribution >= 4 is 74.5 Å². The first-order valence-electron chi connectivity index (χ1n) is 9.06. The smallest absolute Gasteiger partial charge is 0.263 e. The van der Waals surface area contributed by atoms with Gasteiger partial charge in [-0.1, -0.05) is 41.7 Å². The van der Waals surface area contributed by atoms with Crippen LogP contribution in [0.3, 0.4) is 0 Å². The number of rotatable bonds is 7. The van der Waals surface area contributed by atoms with E-state index in [9.17, 15) is 9.59 Å². The molecule has 9 heteroatoms. The standard InChI is InChI=1S/C21H19IN2O4S2/c1-3-27-16-9-13(10-17-20(26)24-21(29)30-17)8-15(22)19(16)28-11-18(25)23-14-6-4-12(2)5-7-14/h4-10H,3,11H2,1-2H3,(H,23,25)(H,24,26,29)/b17-10-. The van der Waals surface area contributed by atoms with Gasteiger partial charge in [0.1, 0.15) is 4.32 Å². The van der Waals surface area contributed by atoms with Crippen LogP contribution in [-0.4, -0.2) is 29.3 Å². The van der Waals surface area contributed by atoms with E-state index in [1.165, 1.54) is 11.8 Å². The van der Waals surface area contributed by atoms with Gasteiger partial charge in [-0.3, -0.25) is 9.59 Å². The van der Waals surface area contributed by atoms with Crippen LogP contribution in [0.2, 0.25) is 0 Å². The summed E-state index contributed by atoms with van der Waals surface area (Å²) >= 11 is 8.36. The van der Waals surface area contributed by atoms with Crippen LogP contribution in [0.1, 0.15) is 18.1 Å². The highest BCUT2D eigenvalue weighted by Gasteiger charge is 2.22. The van der Waals surface area contributed by atoms with E-state index in [0.29, 0.717) is 33.0 Å². The lowest BCUT2D eigenvalue weighted by molar-refractivity contribution is -0.118. The number of carbonyl (C=O) groups is 2. The quantitative estimate of drug-likeness (QED) is 0.298. The highest BCUT2D eigenvalue weighted by atomic mass is 127. The molecule has 156 valence electrons. The molecule has 2 N–H and O–H groups in total. The van der Waals surface area contributed by atoms with Gasteiger partial charge in [0.05, 0.1) is 15.1 Å². The Hall–Kier alpha value is -2.11. The van der Waals surface area contributed by atoms with Crippen molar-refractivity contribution in [2.45, 2.75) is 13.8 Å². The summed E-state index contributed by atoms with van der Waals surface area (Å²) in [6.07, 6.45) is 1.75. The number of anilines is 1. The fourth-order valence-corrected chi connectivity index (χ4v) is 4.44. The van der Waals surface area contributed by atoms with Crippen LogP contribution in [0.25, 0.3) is 6.08 Å². The van der Waals surface area contributed by atoms with E-state index >= 15 is 0 Å². The first-order valence-corrected chi connectivity index (χ1v) is 11.4. The molecule has 2 aromatic carbocycles. The Morgan fingerprint density at radius 3 is 2.63 bits per heavy atom. The Morgan fingerprint density at radius 2 is 2.00 bits per heavy atom. The number of nitrogens with one attached hydrogen (secondary N) is 2. The molecule has 30 heavy (non-hydrogen) atoms. The summed E-state index contributed by atoms with van der Waals surface area (Å²) in [6.45, 7) is 4.13. The Balaban J connectivity index is 1.74. The number of amides is 2. The predicted octanol–water partition coefficient (Wildman–Crippen LogP) is 4.50. The lowest BCUT2D eigenvalue weighted by Crippen LogP contribution is -2.20. The minimum absolute atomic E-state index is 0.156. The molecule has 1 heterocycles. The van der Waals surface area contributed by atoms with Gasteiger partial charge in [0.25, 0.3) is 11.8 Å². The highest BCUT2D eigenvalue weighted by molar-refractivity contribution is 14.1. The average molecular weight is 554 g/mol. The van der Waals surface area contributed by atoms with E-state index in [-0.39, 0.29) is 18.4 Å². The largest absolute Gasteiger partial charge is 0.490 e. The number of thioether (sulfide) groups is 1. The molecular formula is C21H19IN2O4S2. The van der Waals surface area contributed by atoms with Crippen molar-refractivity contribution in [3.63, 3.8) is 0 Å². The number of hydrogen-bond donors (Lipinski definition) is 2. The number of aryl methyl sites for hydroxylation is 1. The van der Waals surface area contributed by atoms with E-state index < -0.39 is 0 Å². The van der Waals surface area contributed by atoms with Crippen molar-refractivity contribution in [1.82, 2.24) is 5.32 Å². The molecule has 0 spiro atoms. The Morgan fingerprint density at radius 1 is 1.27 bits per heavy atom. The van der Waals surface area contributed by atoms with Crippen LogP contribution in [0.15, 0.2) is 41.3 Å². The number of ether oxygens (including phenoxy) is 2. The van der Waals surface area contributed by atoms with Gasteiger partial charge < -0.3 is 20.1 Å². The third-order valence-electron chi connectivity index (χ3n) is 3.95. The molecule has 0 aromatic heterocycles. The summed E-state index contributed by atoms with van der Waals surface area (Å²) < 4.78 is 12.7. The van der Waals surface area contributed by atoms with Crippen molar-refractivity contribution in [3.8, 4) is 11.5 Å². The second-order valence-electron chi connectivity index (χ2n) is 6.32. The lowest BCUT2D eigenvalue weighted by Gasteiger charge is -2.15. The minimum atomic E-state index is -0.268. The van der Waals surface area contributed by atoms with Gasteiger partial charge in [0, 0.05) is 5.69 Å². The second-order valence-corrected chi connectivity index (χ2v) is 9.20. The van der Waals surface area contributed by atoms with Crippen molar-refractivity contribution < 1.29 is 19.1 Å². The van der Waals surface area contributed by atoms with Crippen molar-refractivity contribution in [1.29, 1.82) is 0 Å². The van der Waals surface area contributed by atoms with Gasteiger partial charge >= 0.3 is 0 Å². The van der Waals surface area contributed by atoms with E-state index in [1.807, 2.05) is 44.2 Å². The third-order valence-corrected chi connectivity index (χ3v) is 5.92. The molecule has 6 nitrogen and oxygen atoms in total. The molecule has 0 bridgehead atoms. The minimum Gasteiger partial charge on any atom is -0.490 e. The summed E-state index contributed by atoms with van der Waals surface area (Å²) in [5.74, 6) is 0.505. The third kappa shape index (κ3) is 5.96. The Bertz CT molecular complexity index is 1020. The zero-order valence-corrected chi connectivity index (χ0v) is 20.1. The van der Waals surface area contributed by atoms with Crippen molar-refractivity contribution in [2.24, 2.45) is 0 Å². The van der Waals surface area contributed by atoms with Crippen LogP contribution in [0.5, 0.6) is 11.5 Å². The molecule has 1 saturated heterocycles. The molecule has 0 atom stereocenters. The first-order chi connectivity index (χ1) is 14.4. The summed E-state index contributed by atoms with van der Waals surface area (Å²) in [4.78, 5) is 24.7. The number of benzene rings is 2. The van der Waals surface area contributed by atoms with Crippen LogP contribution < -0.4 is 20.1 Å². The van der Waals surface area contributed by atoms with Crippen LogP contribution in [0.4, 0.5) is 5.69 Å². The van der Waals surface area contributed by atoms with Crippen molar-refractivity contribution in [2.75, 3.05) is 18.5 Å².